The van der Waals surface area contributed by atoms with Gasteiger partial charge in [0.1, 0.15) is 5.15 Å². The Kier molecular flexibility index (Phi) is 5.13. The second-order valence-electron chi connectivity index (χ2n) is 5.12. The van der Waals surface area contributed by atoms with Crippen molar-refractivity contribution in [2.45, 2.75) is 37.0 Å². The maximum atomic E-state index is 6.30. The molecule has 1 unspecified atom stereocenters. The summed E-state index contributed by atoms with van der Waals surface area (Å²) in [5.41, 5.74) is 9.27. The maximum absolute atomic E-state index is 6.30. The predicted octanol–water partition coefficient (Wildman–Crippen LogP) is 3.56. The van der Waals surface area contributed by atoms with E-state index >= 15 is 0 Å². The fraction of sp³-hybridized carbons (Fsp3) is 0.400. The zero-order valence-corrected chi connectivity index (χ0v) is 13.6. The smallest absolute Gasteiger partial charge is 0.130 e. The first-order chi connectivity index (χ1) is 9.47. The number of halogens is 1. The number of rotatable bonds is 5. The van der Waals surface area contributed by atoms with Crippen LogP contribution in [0, 0.1) is 6.92 Å². The molecule has 0 fully saturated rings. The average molecular weight is 310 g/mol. The van der Waals surface area contributed by atoms with E-state index in [9.17, 15) is 0 Å². The minimum Gasteiger partial charge on any atom is -0.328 e. The molecule has 0 aliphatic carbocycles. The van der Waals surface area contributed by atoms with Crippen LogP contribution in [0.3, 0.4) is 0 Å². The summed E-state index contributed by atoms with van der Waals surface area (Å²) in [6, 6.07) is 8.60. The second-order valence-corrected chi connectivity index (χ2v) is 6.53. The third-order valence-corrected chi connectivity index (χ3v) is 4.57. The summed E-state index contributed by atoms with van der Waals surface area (Å²) < 4.78 is 1.73. The summed E-state index contributed by atoms with van der Waals surface area (Å²) in [6.07, 6.45) is 0.760. The van der Waals surface area contributed by atoms with Gasteiger partial charge in [-0.25, -0.2) is 0 Å². The van der Waals surface area contributed by atoms with Crippen LogP contribution in [0.25, 0.3) is 0 Å². The molecule has 1 atom stereocenters. The highest BCUT2D eigenvalue weighted by Crippen LogP contribution is 2.28. The van der Waals surface area contributed by atoms with Gasteiger partial charge in [-0.15, -0.1) is 11.8 Å². The van der Waals surface area contributed by atoms with Crippen LogP contribution in [0.15, 0.2) is 29.2 Å². The van der Waals surface area contributed by atoms with Gasteiger partial charge in [-0.2, -0.15) is 5.10 Å². The monoisotopic (exact) mass is 309 g/mol. The lowest BCUT2D eigenvalue weighted by Crippen LogP contribution is -2.18. The fourth-order valence-corrected chi connectivity index (χ4v) is 3.11. The first-order valence-electron chi connectivity index (χ1n) is 6.62. The van der Waals surface area contributed by atoms with E-state index in [0.717, 1.165) is 23.4 Å². The summed E-state index contributed by atoms with van der Waals surface area (Å²) in [5, 5.41) is 5.20. The summed E-state index contributed by atoms with van der Waals surface area (Å²) >= 11 is 8.07. The number of nitrogens with two attached hydrogens (primary N) is 1. The molecule has 1 heterocycles. The molecule has 2 N–H and O–H groups in total. The molecular formula is C15H20ClN3S. The van der Waals surface area contributed by atoms with Gasteiger partial charge in [0.05, 0.1) is 5.69 Å². The molecule has 2 aromatic rings. The molecule has 0 aliphatic heterocycles. The lowest BCUT2D eigenvalue weighted by molar-refractivity contribution is 0.733. The number of hydrogen-bond donors (Lipinski definition) is 1. The molecule has 20 heavy (non-hydrogen) atoms. The largest absolute Gasteiger partial charge is 0.328 e. The Morgan fingerprint density at radius 2 is 2.00 bits per heavy atom. The normalized spacial score (nSPS) is 12.7. The summed E-state index contributed by atoms with van der Waals surface area (Å²) in [6.45, 7) is 4.08. The van der Waals surface area contributed by atoms with E-state index in [1.165, 1.54) is 10.5 Å². The first-order valence-corrected chi connectivity index (χ1v) is 7.99. The Morgan fingerprint density at radius 1 is 1.35 bits per heavy atom. The molecule has 2 rings (SSSR count). The Morgan fingerprint density at radius 3 is 2.60 bits per heavy atom. The van der Waals surface area contributed by atoms with Crippen LogP contribution < -0.4 is 5.73 Å². The van der Waals surface area contributed by atoms with E-state index in [4.69, 9.17) is 17.3 Å². The number of hydrogen-bond acceptors (Lipinski definition) is 3. The lowest BCUT2D eigenvalue weighted by atomic mass is 10.1. The van der Waals surface area contributed by atoms with Crippen LogP contribution in [0.1, 0.15) is 23.7 Å². The molecule has 108 valence electrons. The topological polar surface area (TPSA) is 43.8 Å². The summed E-state index contributed by atoms with van der Waals surface area (Å²) in [5.74, 6) is 0.811. The van der Waals surface area contributed by atoms with Gasteiger partial charge >= 0.3 is 0 Å². The minimum absolute atomic E-state index is 0.0832. The van der Waals surface area contributed by atoms with Gasteiger partial charge in [0.25, 0.3) is 0 Å². The van der Waals surface area contributed by atoms with Gasteiger partial charge in [0.15, 0.2) is 0 Å². The van der Waals surface area contributed by atoms with Crippen molar-refractivity contribution in [1.29, 1.82) is 0 Å². The molecule has 3 nitrogen and oxygen atoms in total. The molecular weight excluding hydrogens is 290 g/mol. The molecule has 0 saturated carbocycles. The quantitative estimate of drug-likeness (QED) is 0.859. The molecule has 0 saturated heterocycles. The average Bonchev–Trinajstić information content (AvgIpc) is 2.65. The molecule has 1 aromatic heterocycles. The summed E-state index contributed by atoms with van der Waals surface area (Å²) in [4.78, 5) is 1.24. The van der Waals surface area contributed by atoms with Crippen molar-refractivity contribution in [2.75, 3.05) is 0 Å². The second kappa shape index (κ2) is 6.66. The van der Waals surface area contributed by atoms with Crippen molar-refractivity contribution >= 4 is 23.4 Å². The fourth-order valence-electron chi connectivity index (χ4n) is 2.03. The van der Waals surface area contributed by atoms with E-state index in [1.807, 2.05) is 14.0 Å². The molecule has 0 bridgehead atoms. The van der Waals surface area contributed by atoms with Gasteiger partial charge in [0.2, 0.25) is 0 Å². The van der Waals surface area contributed by atoms with Gasteiger partial charge in [-0.3, -0.25) is 4.68 Å². The van der Waals surface area contributed by atoms with Gasteiger partial charge in [-0.1, -0.05) is 29.3 Å². The number of aryl methyl sites for hydroxylation is 2. The zero-order valence-electron chi connectivity index (χ0n) is 12.1. The van der Waals surface area contributed by atoms with Gasteiger partial charge < -0.3 is 5.73 Å². The van der Waals surface area contributed by atoms with Crippen LogP contribution in [0.5, 0.6) is 0 Å². The SMILES string of the molecule is Cc1ccc(SCc2nn(C)c(Cl)c2CC(C)N)cc1. The van der Waals surface area contributed by atoms with Gasteiger partial charge in [0, 0.05) is 29.3 Å². The van der Waals surface area contributed by atoms with Crippen LogP contribution in [-0.2, 0) is 19.2 Å². The number of thioether (sulfide) groups is 1. The Labute approximate surface area is 129 Å². The highest BCUT2D eigenvalue weighted by atomic mass is 35.5. The molecule has 0 radical (unpaired) electrons. The van der Waals surface area contributed by atoms with Crippen LogP contribution in [0.2, 0.25) is 5.15 Å². The molecule has 0 spiro atoms. The Bertz CT molecular complexity index is 576. The first kappa shape index (κ1) is 15.4. The minimum atomic E-state index is 0.0832. The number of aromatic nitrogens is 2. The Hall–Kier alpha value is -0.970. The van der Waals surface area contributed by atoms with E-state index in [-0.39, 0.29) is 6.04 Å². The van der Waals surface area contributed by atoms with Crippen LogP contribution in [0.4, 0.5) is 0 Å². The highest BCUT2D eigenvalue weighted by Gasteiger charge is 2.15. The number of benzene rings is 1. The standard InChI is InChI=1S/C15H20ClN3S/c1-10-4-6-12(7-5-10)20-9-14-13(8-11(2)17)15(16)19(3)18-14/h4-7,11H,8-9,17H2,1-3H3. The van der Waals surface area contributed by atoms with E-state index in [1.54, 1.807) is 16.4 Å². The predicted molar refractivity (Wildman–Crippen MR) is 86.3 cm³/mol. The zero-order chi connectivity index (χ0) is 14.7. The van der Waals surface area contributed by atoms with Crippen molar-refractivity contribution in [1.82, 2.24) is 9.78 Å². The lowest BCUT2D eigenvalue weighted by Gasteiger charge is -2.06. The van der Waals surface area contributed by atoms with Crippen molar-refractivity contribution in [3.63, 3.8) is 0 Å². The van der Waals surface area contributed by atoms with Crippen molar-refractivity contribution in [3.05, 3.63) is 46.2 Å². The van der Waals surface area contributed by atoms with E-state index < -0.39 is 0 Å². The Balaban J connectivity index is 2.12. The van der Waals surface area contributed by atoms with Crippen molar-refractivity contribution in [2.24, 2.45) is 12.8 Å². The van der Waals surface area contributed by atoms with E-state index in [2.05, 4.69) is 36.3 Å². The van der Waals surface area contributed by atoms with Crippen LogP contribution in [-0.4, -0.2) is 15.8 Å². The summed E-state index contributed by atoms with van der Waals surface area (Å²) in [7, 11) is 1.87. The van der Waals surface area contributed by atoms with Gasteiger partial charge in [-0.05, 0) is 32.4 Å². The van der Waals surface area contributed by atoms with Crippen molar-refractivity contribution < 1.29 is 0 Å². The van der Waals surface area contributed by atoms with E-state index in [0.29, 0.717) is 5.15 Å². The highest BCUT2D eigenvalue weighted by molar-refractivity contribution is 7.98. The van der Waals surface area contributed by atoms with Crippen LogP contribution >= 0.6 is 23.4 Å². The third-order valence-electron chi connectivity index (χ3n) is 3.07. The number of nitrogens with zero attached hydrogens (tertiary/aromatic N) is 2. The third kappa shape index (κ3) is 3.78. The maximum Gasteiger partial charge on any atom is 0.130 e. The molecule has 0 aliphatic rings. The van der Waals surface area contributed by atoms with Crippen molar-refractivity contribution in [3.8, 4) is 0 Å². The molecule has 1 aromatic carbocycles. The molecule has 5 heteroatoms. The molecule has 0 amide bonds.